The number of likely N-dealkylation sites (N-methyl/N-ethyl adjacent to an activating group) is 1. The number of rotatable bonds is 64. The summed E-state index contributed by atoms with van der Waals surface area (Å²) in [6.45, 7) is 4.32. The number of allylic oxidation sites excluding steroid dienone is 20. The zero-order valence-corrected chi connectivity index (χ0v) is 57.2. The van der Waals surface area contributed by atoms with Crippen molar-refractivity contribution < 1.29 is 42.1 Å². The Bertz CT molecular complexity index is 1870. The predicted octanol–water partition coefficient (Wildman–Crippen LogP) is 23.0. The summed E-state index contributed by atoms with van der Waals surface area (Å²) < 4.78 is 34.7. The van der Waals surface area contributed by atoms with Crippen molar-refractivity contribution in [3.05, 3.63) is 122 Å². The van der Waals surface area contributed by atoms with Gasteiger partial charge in [0.25, 0.3) is 0 Å². The fourth-order valence-electron chi connectivity index (χ4n) is 9.59. The van der Waals surface area contributed by atoms with Crippen molar-refractivity contribution in [1.29, 1.82) is 0 Å². The van der Waals surface area contributed by atoms with Gasteiger partial charge in [0.2, 0.25) is 0 Å². The van der Waals surface area contributed by atoms with Gasteiger partial charge in [-0.3, -0.25) is 18.6 Å². The van der Waals surface area contributed by atoms with Gasteiger partial charge in [-0.1, -0.05) is 296 Å². The molecule has 0 aliphatic rings. The van der Waals surface area contributed by atoms with Crippen LogP contribution in [0.1, 0.15) is 296 Å². The van der Waals surface area contributed by atoms with Crippen molar-refractivity contribution in [2.45, 2.75) is 302 Å². The van der Waals surface area contributed by atoms with Crippen molar-refractivity contribution in [2.24, 2.45) is 0 Å². The van der Waals surface area contributed by atoms with Crippen molar-refractivity contribution in [1.82, 2.24) is 0 Å². The Labute approximate surface area is 530 Å². The average molecular weight is 1220 g/mol. The smallest absolute Gasteiger partial charge is 0.462 e. The van der Waals surface area contributed by atoms with E-state index in [9.17, 15) is 19.0 Å². The van der Waals surface area contributed by atoms with Crippen molar-refractivity contribution >= 4 is 19.8 Å². The summed E-state index contributed by atoms with van der Waals surface area (Å²) in [5, 5.41) is 0. The molecule has 0 aromatic rings. The van der Waals surface area contributed by atoms with Gasteiger partial charge in [-0.25, -0.2) is 4.57 Å². The number of quaternary nitrogens is 1. The Morgan fingerprint density at radius 1 is 0.372 bits per heavy atom. The second-order valence-electron chi connectivity index (χ2n) is 24.5. The predicted molar refractivity (Wildman–Crippen MR) is 371 cm³/mol. The van der Waals surface area contributed by atoms with Crippen LogP contribution in [0, 0.1) is 0 Å². The zero-order chi connectivity index (χ0) is 62.6. The highest BCUT2D eigenvalue weighted by molar-refractivity contribution is 7.47. The molecule has 0 rings (SSSR count). The van der Waals surface area contributed by atoms with E-state index in [1.807, 2.05) is 21.1 Å². The van der Waals surface area contributed by atoms with Gasteiger partial charge in [-0.15, -0.1) is 0 Å². The van der Waals surface area contributed by atoms with E-state index in [-0.39, 0.29) is 32.0 Å². The molecule has 10 heteroatoms. The number of carbonyl (C=O) groups is 2. The standard InChI is InChI=1S/C76H132NO8P/c1-6-8-10-12-14-16-18-20-22-24-26-28-30-32-34-36-37-38-39-41-43-45-47-49-51-53-55-57-59-61-63-65-67-69-76(79)85-74(73-84-86(80,81)83-71-70-77(3,4)5)72-82-75(78)68-66-64-62-60-58-56-54-52-50-48-46-44-42-40-35-33-31-29-27-25-23-21-19-17-15-13-11-9-7-2/h8,10,14,16,19-22,25-28,31-34,37-38,41,43,74H,6-7,9,11-13,15,17-18,23-24,29-30,35-36,39-40,42,44-73H2,1-5H3/p+1/b10-8-,16-14-,21-19-,22-20-,27-25-,28-26-,33-31-,34-32-,38-37-,43-41-. The summed E-state index contributed by atoms with van der Waals surface area (Å²) in [7, 11) is 1.47. The molecule has 0 bridgehead atoms. The first-order chi connectivity index (χ1) is 42.0. The molecule has 0 amide bonds. The van der Waals surface area contributed by atoms with E-state index >= 15 is 0 Å². The quantitative estimate of drug-likeness (QED) is 0.0211. The number of carbonyl (C=O) groups excluding carboxylic acids is 2. The minimum absolute atomic E-state index is 0.0264. The topological polar surface area (TPSA) is 108 Å². The summed E-state index contributed by atoms with van der Waals surface area (Å²) >= 11 is 0. The Kier molecular flexibility index (Phi) is 63.1. The van der Waals surface area contributed by atoms with E-state index in [4.69, 9.17) is 18.5 Å². The minimum Gasteiger partial charge on any atom is -0.462 e. The molecule has 9 nitrogen and oxygen atoms in total. The molecular weight excluding hydrogens is 1090 g/mol. The molecule has 1 N–H and O–H groups in total. The van der Waals surface area contributed by atoms with Gasteiger partial charge >= 0.3 is 19.8 Å². The molecule has 0 spiro atoms. The number of phosphoric ester groups is 1. The maximum atomic E-state index is 12.9. The van der Waals surface area contributed by atoms with Crippen LogP contribution in [0.15, 0.2) is 122 Å². The second-order valence-corrected chi connectivity index (χ2v) is 26.0. The maximum absolute atomic E-state index is 12.9. The van der Waals surface area contributed by atoms with Crippen molar-refractivity contribution in [2.75, 3.05) is 47.5 Å². The lowest BCUT2D eigenvalue weighted by Crippen LogP contribution is -2.37. The van der Waals surface area contributed by atoms with Gasteiger partial charge in [-0.2, -0.15) is 0 Å². The van der Waals surface area contributed by atoms with Gasteiger partial charge in [0.05, 0.1) is 27.7 Å². The Balaban J connectivity index is 4.09. The molecule has 86 heavy (non-hydrogen) atoms. The highest BCUT2D eigenvalue weighted by Gasteiger charge is 2.27. The normalized spacial score (nSPS) is 13.9. The maximum Gasteiger partial charge on any atom is 0.472 e. The van der Waals surface area contributed by atoms with Crippen LogP contribution in [0.3, 0.4) is 0 Å². The van der Waals surface area contributed by atoms with Crippen LogP contribution >= 0.6 is 7.82 Å². The first-order valence-corrected chi connectivity index (χ1v) is 36.8. The van der Waals surface area contributed by atoms with Crippen LogP contribution in [0.4, 0.5) is 0 Å². The second kappa shape index (κ2) is 65.8. The van der Waals surface area contributed by atoms with Gasteiger partial charge in [0.15, 0.2) is 6.10 Å². The van der Waals surface area contributed by atoms with Crippen LogP contribution in [-0.2, 0) is 32.7 Å². The van der Waals surface area contributed by atoms with E-state index in [0.29, 0.717) is 17.4 Å². The largest absolute Gasteiger partial charge is 0.472 e. The number of ether oxygens (including phenoxy) is 2. The molecule has 0 aromatic heterocycles. The molecule has 2 unspecified atom stereocenters. The molecule has 0 heterocycles. The molecule has 0 aromatic carbocycles. The Hall–Kier alpha value is -3.59. The first kappa shape index (κ1) is 82.4. The molecule has 0 saturated carbocycles. The number of phosphoric acid groups is 1. The highest BCUT2D eigenvalue weighted by Crippen LogP contribution is 2.43. The molecule has 0 radical (unpaired) electrons. The van der Waals surface area contributed by atoms with E-state index in [1.54, 1.807) is 0 Å². The minimum atomic E-state index is -4.40. The van der Waals surface area contributed by atoms with Gasteiger partial charge in [0, 0.05) is 12.8 Å². The van der Waals surface area contributed by atoms with Crippen LogP contribution < -0.4 is 0 Å². The van der Waals surface area contributed by atoms with E-state index in [0.717, 1.165) is 103 Å². The van der Waals surface area contributed by atoms with Gasteiger partial charge < -0.3 is 18.9 Å². The Morgan fingerprint density at radius 3 is 0.988 bits per heavy atom. The summed E-state index contributed by atoms with van der Waals surface area (Å²) in [6.07, 6.45) is 94.4. The number of esters is 2. The third kappa shape index (κ3) is 69.5. The SMILES string of the molecule is CC/C=C\C/C=C\C/C=C\C/C=C\C/C=C\C/C=C\C/C=C\CCCCCCCCCCCCCC(=O)OC(COC(=O)CCCCCCCCCCCCCCCC/C=C\C/C=C\C/C=C\CCCCCCC)COP(=O)(O)OCC[N+](C)(C)C. The molecule has 494 valence electrons. The molecule has 0 fully saturated rings. The number of hydrogen-bond donors (Lipinski definition) is 1. The number of hydrogen-bond acceptors (Lipinski definition) is 7. The van der Waals surface area contributed by atoms with Crippen molar-refractivity contribution in [3.8, 4) is 0 Å². The van der Waals surface area contributed by atoms with E-state index in [2.05, 4.69) is 135 Å². The molecule has 2 atom stereocenters. The van der Waals surface area contributed by atoms with Crippen molar-refractivity contribution in [3.63, 3.8) is 0 Å². The number of nitrogens with zero attached hydrogens (tertiary/aromatic N) is 1. The molecule has 0 aliphatic heterocycles. The lowest BCUT2D eigenvalue weighted by molar-refractivity contribution is -0.870. The molecule has 0 saturated heterocycles. The fraction of sp³-hybridized carbons (Fsp3) is 0.711. The third-order valence-corrected chi connectivity index (χ3v) is 16.0. The van der Waals surface area contributed by atoms with E-state index < -0.39 is 26.5 Å². The van der Waals surface area contributed by atoms with Crippen LogP contribution in [0.25, 0.3) is 0 Å². The average Bonchev–Trinajstić information content (AvgIpc) is 3.70. The highest BCUT2D eigenvalue weighted by atomic mass is 31.2. The third-order valence-electron chi connectivity index (χ3n) is 15.0. The summed E-state index contributed by atoms with van der Waals surface area (Å²) in [5.41, 5.74) is 0. The lowest BCUT2D eigenvalue weighted by atomic mass is 10.0. The number of unbranched alkanes of at least 4 members (excludes halogenated alkanes) is 30. The molecular formula is C76H133NO8P+. The summed E-state index contributed by atoms with van der Waals surface area (Å²) in [6, 6.07) is 0. The van der Waals surface area contributed by atoms with Crippen LogP contribution in [0.2, 0.25) is 0 Å². The Morgan fingerprint density at radius 2 is 0.663 bits per heavy atom. The summed E-state index contributed by atoms with van der Waals surface area (Å²) in [4.78, 5) is 35.9. The lowest BCUT2D eigenvalue weighted by Gasteiger charge is -2.24. The molecule has 0 aliphatic carbocycles. The first-order valence-electron chi connectivity index (χ1n) is 35.3. The van der Waals surface area contributed by atoms with Gasteiger partial charge in [-0.05, 0) is 109 Å². The fourth-order valence-corrected chi connectivity index (χ4v) is 10.3. The van der Waals surface area contributed by atoms with Gasteiger partial charge in [0.1, 0.15) is 19.8 Å². The zero-order valence-electron chi connectivity index (χ0n) is 56.3. The summed E-state index contributed by atoms with van der Waals surface area (Å²) in [5.74, 6) is -0.799. The van der Waals surface area contributed by atoms with Crippen LogP contribution in [-0.4, -0.2) is 74.9 Å². The van der Waals surface area contributed by atoms with E-state index in [1.165, 1.54) is 161 Å². The van der Waals surface area contributed by atoms with Crippen LogP contribution in [0.5, 0.6) is 0 Å². The monoisotopic (exact) mass is 1220 g/mol.